The van der Waals surface area contributed by atoms with Gasteiger partial charge >= 0.3 is 5.97 Å². The molecule has 1 unspecified atom stereocenters. The fraction of sp³-hybridized carbons (Fsp3) is 0.357. The molecule has 4 nitrogen and oxygen atoms in total. The molecule has 1 atom stereocenters. The van der Waals surface area contributed by atoms with Crippen molar-refractivity contribution >= 4 is 11.7 Å². The van der Waals surface area contributed by atoms with Crippen LogP contribution < -0.4 is 9.64 Å². The summed E-state index contributed by atoms with van der Waals surface area (Å²) < 4.78 is 5.17. The molecule has 1 aromatic carbocycles. The molecule has 0 aliphatic rings. The van der Waals surface area contributed by atoms with E-state index in [2.05, 4.69) is 6.58 Å². The van der Waals surface area contributed by atoms with Gasteiger partial charge in [-0.2, -0.15) is 0 Å². The van der Waals surface area contributed by atoms with Crippen LogP contribution in [-0.4, -0.2) is 31.3 Å². The molecule has 0 aliphatic heterocycles. The van der Waals surface area contributed by atoms with E-state index in [4.69, 9.17) is 9.84 Å². The maximum Gasteiger partial charge on any atom is 0.308 e. The van der Waals surface area contributed by atoms with E-state index in [0.717, 1.165) is 11.4 Å². The maximum absolute atomic E-state index is 10.9. The molecule has 0 saturated heterocycles. The lowest BCUT2D eigenvalue weighted by Gasteiger charge is -2.25. The van der Waals surface area contributed by atoms with Crippen LogP contribution in [0.15, 0.2) is 36.9 Å². The van der Waals surface area contributed by atoms with Crippen molar-refractivity contribution in [1.82, 2.24) is 0 Å². The Morgan fingerprint density at radius 1 is 1.61 bits per heavy atom. The Labute approximate surface area is 107 Å². The van der Waals surface area contributed by atoms with E-state index in [1.807, 2.05) is 29.2 Å². The average Bonchev–Trinajstić information content (AvgIpc) is 2.38. The zero-order chi connectivity index (χ0) is 13.5. The van der Waals surface area contributed by atoms with Crippen molar-refractivity contribution in [2.45, 2.75) is 6.92 Å². The number of ether oxygens (including phenoxy) is 1. The highest BCUT2D eigenvalue weighted by molar-refractivity contribution is 5.70. The van der Waals surface area contributed by atoms with Gasteiger partial charge in [-0.15, -0.1) is 6.58 Å². The first-order valence-corrected chi connectivity index (χ1v) is 5.81. The van der Waals surface area contributed by atoms with E-state index in [1.165, 1.54) is 0 Å². The Kier molecular flexibility index (Phi) is 5.24. The Balaban J connectivity index is 2.88. The molecule has 1 aromatic rings. The third-order valence-electron chi connectivity index (χ3n) is 2.68. The monoisotopic (exact) mass is 249 g/mol. The highest BCUT2D eigenvalue weighted by atomic mass is 16.5. The second kappa shape index (κ2) is 6.69. The molecule has 0 saturated carbocycles. The largest absolute Gasteiger partial charge is 0.497 e. The minimum Gasteiger partial charge on any atom is -0.497 e. The molecular weight excluding hydrogens is 230 g/mol. The van der Waals surface area contributed by atoms with E-state index < -0.39 is 11.9 Å². The third kappa shape index (κ3) is 3.80. The number of carboxylic acid groups (broad SMARTS) is 1. The van der Waals surface area contributed by atoms with Crippen LogP contribution >= 0.6 is 0 Å². The van der Waals surface area contributed by atoms with Gasteiger partial charge in [0.25, 0.3) is 0 Å². The Morgan fingerprint density at radius 2 is 2.33 bits per heavy atom. The van der Waals surface area contributed by atoms with Crippen LogP contribution in [0.3, 0.4) is 0 Å². The maximum atomic E-state index is 10.9. The van der Waals surface area contributed by atoms with Crippen LogP contribution in [0.5, 0.6) is 5.75 Å². The van der Waals surface area contributed by atoms with E-state index in [0.29, 0.717) is 13.1 Å². The topological polar surface area (TPSA) is 49.8 Å². The third-order valence-corrected chi connectivity index (χ3v) is 2.68. The number of anilines is 1. The molecule has 1 N–H and O–H groups in total. The number of aliphatic carboxylic acids is 1. The number of carboxylic acids is 1. The first-order chi connectivity index (χ1) is 8.58. The van der Waals surface area contributed by atoms with Crippen molar-refractivity contribution in [3.8, 4) is 5.75 Å². The second-order valence-electron chi connectivity index (χ2n) is 4.13. The molecule has 0 aromatic heterocycles. The lowest BCUT2D eigenvalue weighted by atomic mass is 10.1. The lowest BCUT2D eigenvalue weighted by molar-refractivity contribution is -0.140. The fourth-order valence-electron chi connectivity index (χ4n) is 1.66. The summed E-state index contributed by atoms with van der Waals surface area (Å²) in [6.07, 6.45) is 1.76. The molecule has 0 radical (unpaired) electrons. The molecular formula is C14H19NO3. The summed E-state index contributed by atoms with van der Waals surface area (Å²) in [6.45, 7) is 6.43. The van der Waals surface area contributed by atoms with E-state index >= 15 is 0 Å². The molecule has 0 aliphatic carbocycles. The van der Waals surface area contributed by atoms with Crippen LogP contribution in [0.1, 0.15) is 6.92 Å². The van der Waals surface area contributed by atoms with Gasteiger partial charge in [0, 0.05) is 24.8 Å². The first kappa shape index (κ1) is 14.1. The normalized spacial score (nSPS) is 11.7. The number of hydrogen-bond acceptors (Lipinski definition) is 3. The molecule has 0 spiro atoms. The number of rotatable bonds is 7. The van der Waals surface area contributed by atoms with Crippen molar-refractivity contribution in [2.75, 3.05) is 25.1 Å². The molecule has 4 heteroatoms. The van der Waals surface area contributed by atoms with Gasteiger partial charge < -0.3 is 14.7 Å². The van der Waals surface area contributed by atoms with Crippen LogP contribution in [-0.2, 0) is 4.79 Å². The highest BCUT2D eigenvalue weighted by Gasteiger charge is 2.16. The zero-order valence-electron chi connectivity index (χ0n) is 10.8. The van der Waals surface area contributed by atoms with Crippen molar-refractivity contribution in [3.63, 3.8) is 0 Å². The fourth-order valence-corrected chi connectivity index (χ4v) is 1.66. The predicted molar refractivity (Wildman–Crippen MR) is 72.2 cm³/mol. The van der Waals surface area contributed by atoms with Gasteiger partial charge in [0.2, 0.25) is 0 Å². The SMILES string of the molecule is C=CCN(CC(C)C(=O)O)c1cccc(OC)c1. The Hall–Kier alpha value is -1.97. The summed E-state index contributed by atoms with van der Waals surface area (Å²) in [5.74, 6) is -0.479. The van der Waals surface area contributed by atoms with Crippen LogP contribution in [0.2, 0.25) is 0 Å². The lowest BCUT2D eigenvalue weighted by Crippen LogP contribution is -2.31. The highest BCUT2D eigenvalue weighted by Crippen LogP contribution is 2.21. The summed E-state index contributed by atoms with van der Waals surface area (Å²) >= 11 is 0. The van der Waals surface area contributed by atoms with Crippen molar-refractivity contribution < 1.29 is 14.6 Å². The summed E-state index contributed by atoms with van der Waals surface area (Å²) in [7, 11) is 1.61. The minimum atomic E-state index is -0.799. The van der Waals surface area contributed by atoms with Gasteiger partial charge in [-0.1, -0.05) is 19.1 Å². The smallest absolute Gasteiger partial charge is 0.308 e. The molecule has 0 fully saturated rings. The number of hydrogen-bond donors (Lipinski definition) is 1. The van der Waals surface area contributed by atoms with Crippen LogP contribution in [0.4, 0.5) is 5.69 Å². The van der Waals surface area contributed by atoms with Crippen molar-refractivity contribution in [3.05, 3.63) is 36.9 Å². The predicted octanol–water partition coefficient (Wildman–Crippen LogP) is 2.41. The Morgan fingerprint density at radius 3 is 2.89 bits per heavy atom. The standard InChI is InChI=1S/C14H19NO3/c1-4-8-15(10-11(2)14(16)17)12-6-5-7-13(9-12)18-3/h4-7,9,11H,1,8,10H2,2-3H3,(H,16,17). The molecule has 1 rings (SSSR count). The van der Waals surface area contributed by atoms with Gasteiger partial charge in [-0.25, -0.2) is 0 Å². The van der Waals surface area contributed by atoms with Gasteiger partial charge in [-0.3, -0.25) is 4.79 Å². The van der Waals surface area contributed by atoms with Crippen LogP contribution in [0.25, 0.3) is 0 Å². The number of carbonyl (C=O) groups is 1. The van der Waals surface area contributed by atoms with E-state index in [1.54, 1.807) is 20.1 Å². The van der Waals surface area contributed by atoms with Crippen molar-refractivity contribution in [2.24, 2.45) is 5.92 Å². The molecule has 0 heterocycles. The van der Waals surface area contributed by atoms with Gasteiger partial charge in [0.15, 0.2) is 0 Å². The van der Waals surface area contributed by atoms with E-state index in [-0.39, 0.29) is 0 Å². The number of methoxy groups -OCH3 is 1. The average molecular weight is 249 g/mol. The minimum absolute atomic E-state index is 0.434. The summed E-state index contributed by atoms with van der Waals surface area (Å²) in [4.78, 5) is 12.9. The van der Waals surface area contributed by atoms with Crippen LogP contribution in [0, 0.1) is 5.92 Å². The second-order valence-corrected chi connectivity index (χ2v) is 4.13. The molecule has 18 heavy (non-hydrogen) atoms. The Bertz CT molecular complexity index is 417. The first-order valence-electron chi connectivity index (χ1n) is 5.81. The summed E-state index contributed by atoms with van der Waals surface area (Å²) in [5, 5.41) is 8.97. The van der Waals surface area contributed by atoms with E-state index in [9.17, 15) is 4.79 Å². The summed E-state index contributed by atoms with van der Waals surface area (Å²) in [6, 6.07) is 7.56. The van der Waals surface area contributed by atoms with Gasteiger partial charge in [0.1, 0.15) is 5.75 Å². The van der Waals surface area contributed by atoms with Gasteiger partial charge in [-0.05, 0) is 12.1 Å². The molecule has 0 amide bonds. The molecule has 0 bridgehead atoms. The van der Waals surface area contributed by atoms with Crippen molar-refractivity contribution in [1.29, 1.82) is 0 Å². The molecule has 98 valence electrons. The van der Waals surface area contributed by atoms with Gasteiger partial charge in [0.05, 0.1) is 13.0 Å². The number of benzene rings is 1. The number of nitrogens with zero attached hydrogens (tertiary/aromatic N) is 1. The quantitative estimate of drug-likeness (QED) is 0.754. The zero-order valence-corrected chi connectivity index (χ0v) is 10.8. The summed E-state index contributed by atoms with van der Waals surface area (Å²) in [5.41, 5.74) is 0.933.